The molecular formula is C19H17ClN4O3. The molecule has 0 fully saturated rings. The molecule has 0 bridgehead atoms. The molecule has 7 nitrogen and oxygen atoms in total. The number of nitro groups is 1. The first kappa shape index (κ1) is 18.6. The summed E-state index contributed by atoms with van der Waals surface area (Å²) in [6.07, 6.45) is 1.22. The number of nitrogens with one attached hydrogen (secondary N) is 1. The van der Waals surface area contributed by atoms with Gasteiger partial charge in [-0.15, -0.1) is 0 Å². The third-order valence-corrected chi connectivity index (χ3v) is 4.32. The zero-order chi connectivity index (χ0) is 19.4. The zero-order valence-electron chi connectivity index (χ0n) is 14.8. The number of rotatable bonds is 6. The summed E-state index contributed by atoms with van der Waals surface area (Å²) in [7, 11) is 0. The summed E-state index contributed by atoms with van der Waals surface area (Å²) in [4.78, 5) is 19.0. The van der Waals surface area contributed by atoms with Crippen molar-refractivity contribution in [3.63, 3.8) is 0 Å². The molecule has 0 aliphatic carbocycles. The molecule has 1 aromatic heterocycles. The summed E-state index contributed by atoms with van der Waals surface area (Å²) < 4.78 is 5.62. The Balaban J connectivity index is 1.86. The van der Waals surface area contributed by atoms with Crippen molar-refractivity contribution in [3.05, 3.63) is 80.6 Å². The van der Waals surface area contributed by atoms with Gasteiger partial charge in [0.15, 0.2) is 0 Å². The van der Waals surface area contributed by atoms with Crippen LogP contribution in [0.1, 0.15) is 16.7 Å². The highest BCUT2D eigenvalue weighted by Crippen LogP contribution is 2.35. The second-order valence-electron chi connectivity index (χ2n) is 5.99. The van der Waals surface area contributed by atoms with Crippen molar-refractivity contribution >= 4 is 23.1 Å². The van der Waals surface area contributed by atoms with E-state index in [9.17, 15) is 10.1 Å². The lowest BCUT2D eigenvalue weighted by atomic mass is 10.1. The monoisotopic (exact) mass is 384 g/mol. The van der Waals surface area contributed by atoms with Gasteiger partial charge in [-0.05, 0) is 43.2 Å². The molecule has 0 saturated heterocycles. The molecular weight excluding hydrogens is 368 g/mol. The van der Waals surface area contributed by atoms with Crippen molar-refractivity contribution in [1.29, 1.82) is 0 Å². The van der Waals surface area contributed by atoms with Crippen LogP contribution in [0.4, 0.5) is 11.5 Å². The van der Waals surface area contributed by atoms with E-state index in [4.69, 9.17) is 16.3 Å². The van der Waals surface area contributed by atoms with Crippen molar-refractivity contribution in [1.82, 2.24) is 9.97 Å². The number of aromatic nitrogens is 2. The van der Waals surface area contributed by atoms with Gasteiger partial charge in [0.2, 0.25) is 5.82 Å². The normalized spacial score (nSPS) is 10.5. The first-order valence-electron chi connectivity index (χ1n) is 8.17. The van der Waals surface area contributed by atoms with Gasteiger partial charge in [0.05, 0.1) is 4.92 Å². The van der Waals surface area contributed by atoms with Crippen LogP contribution in [0.3, 0.4) is 0 Å². The van der Waals surface area contributed by atoms with E-state index >= 15 is 0 Å². The molecule has 0 spiro atoms. The number of hydrogen-bond acceptors (Lipinski definition) is 6. The number of aryl methyl sites for hydroxylation is 2. The number of anilines is 1. The fraction of sp³-hybridized carbons (Fsp3) is 0.158. The summed E-state index contributed by atoms with van der Waals surface area (Å²) in [5.41, 5.74) is 2.59. The highest BCUT2D eigenvalue weighted by molar-refractivity contribution is 6.31. The average Bonchev–Trinajstić information content (AvgIpc) is 2.64. The van der Waals surface area contributed by atoms with Gasteiger partial charge in [-0.3, -0.25) is 10.1 Å². The summed E-state index contributed by atoms with van der Waals surface area (Å²) in [5, 5.41) is 15.2. The van der Waals surface area contributed by atoms with E-state index in [1.54, 1.807) is 18.2 Å². The molecule has 0 amide bonds. The maximum absolute atomic E-state index is 11.6. The Labute approximate surface area is 161 Å². The Bertz CT molecular complexity index is 977. The van der Waals surface area contributed by atoms with Gasteiger partial charge in [0, 0.05) is 11.6 Å². The maximum atomic E-state index is 11.6. The Morgan fingerprint density at radius 3 is 2.56 bits per heavy atom. The molecule has 0 unspecified atom stereocenters. The van der Waals surface area contributed by atoms with Gasteiger partial charge in [0.25, 0.3) is 0 Å². The molecule has 138 valence electrons. The standard InChI is InChI=1S/C19H17ClN4O3/c1-12-3-5-14(6-4-12)10-21-18-17(24(25)26)19(23-11-22-18)27-15-7-8-16(20)13(2)9-15/h3-9,11H,10H2,1-2H3,(H,21,22,23). The lowest BCUT2D eigenvalue weighted by Crippen LogP contribution is -2.07. The van der Waals surface area contributed by atoms with Gasteiger partial charge < -0.3 is 10.1 Å². The SMILES string of the molecule is Cc1ccc(CNc2ncnc(Oc3ccc(Cl)c(C)c3)c2[N+](=O)[O-])cc1. The summed E-state index contributed by atoms with van der Waals surface area (Å²) >= 11 is 6.00. The minimum absolute atomic E-state index is 0.0938. The smallest absolute Gasteiger partial charge is 0.373 e. The van der Waals surface area contributed by atoms with Crippen LogP contribution in [0.2, 0.25) is 5.02 Å². The van der Waals surface area contributed by atoms with Crippen molar-refractivity contribution in [3.8, 4) is 11.6 Å². The molecule has 1 N–H and O–H groups in total. The van der Waals surface area contributed by atoms with Gasteiger partial charge in [-0.1, -0.05) is 41.4 Å². The number of benzene rings is 2. The van der Waals surface area contributed by atoms with Crippen molar-refractivity contribution in [2.24, 2.45) is 0 Å². The molecule has 2 aromatic carbocycles. The zero-order valence-corrected chi connectivity index (χ0v) is 15.5. The predicted molar refractivity (Wildman–Crippen MR) is 103 cm³/mol. The van der Waals surface area contributed by atoms with E-state index in [0.29, 0.717) is 17.3 Å². The molecule has 3 rings (SSSR count). The van der Waals surface area contributed by atoms with Crippen LogP contribution in [0, 0.1) is 24.0 Å². The predicted octanol–water partition coefficient (Wildman–Crippen LogP) is 5.06. The molecule has 0 aliphatic heterocycles. The summed E-state index contributed by atoms with van der Waals surface area (Å²) in [6.45, 7) is 4.20. The fourth-order valence-corrected chi connectivity index (χ4v) is 2.53. The topological polar surface area (TPSA) is 90.2 Å². The molecule has 8 heteroatoms. The molecule has 0 atom stereocenters. The van der Waals surface area contributed by atoms with Crippen molar-refractivity contribution in [2.75, 3.05) is 5.32 Å². The van der Waals surface area contributed by atoms with Crippen LogP contribution >= 0.6 is 11.6 Å². The lowest BCUT2D eigenvalue weighted by molar-refractivity contribution is -0.385. The van der Waals surface area contributed by atoms with E-state index in [1.165, 1.54) is 6.33 Å². The third-order valence-electron chi connectivity index (χ3n) is 3.90. The molecule has 3 aromatic rings. The highest BCUT2D eigenvalue weighted by atomic mass is 35.5. The van der Waals surface area contributed by atoms with Crippen LogP contribution in [-0.2, 0) is 6.54 Å². The Kier molecular flexibility index (Phi) is 5.52. The molecule has 0 radical (unpaired) electrons. The molecule has 27 heavy (non-hydrogen) atoms. The molecule has 0 aliphatic rings. The lowest BCUT2D eigenvalue weighted by Gasteiger charge is -2.10. The van der Waals surface area contributed by atoms with Crippen molar-refractivity contribution < 1.29 is 9.66 Å². The maximum Gasteiger partial charge on any atom is 0.373 e. The van der Waals surface area contributed by atoms with E-state index in [1.807, 2.05) is 38.1 Å². The van der Waals surface area contributed by atoms with E-state index in [-0.39, 0.29) is 17.4 Å². The third kappa shape index (κ3) is 4.51. The van der Waals surface area contributed by atoms with Gasteiger partial charge in [-0.25, -0.2) is 4.98 Å². The summed E-state index contributed by atoms with van der Waals surface area (Å²) in [5.74, 6) is 0.363. The number of nitrogens with zero attached hydrogens (tertiary/aromatic N) is 3. The molecule has 1 heterocycles. The van der Waals surface area contributed by atoms with Crippen LogP contribution in [0.5, 0.6) is 11.6 Å². The number of ether oxygens (including phenoxy) is 1. The van der Waals surface area contributed by atoms with Gasteiger partial charge in [0.1, 0.15) is 12.1 Å². The Morgan fingerprint density at radius 1 is 1.15 bits per heavy atom. The minimum atomic E-state index is -0.560. The van der Waals surface area contributed by atoms with E-state index < -0.39 is 4.92 Å². The number of hydrogen-bond donors (Lipinski definition) is 1. The quantitative estimate of drug-likeness (QED) is 0.472. The van der Waals surface area contributed by atoms with Crippen molar-refractivity contribution in [2.45, 2.75) is 20.4 Å². The van der Waals surface area contributed by atoms with E-state index in [2.05, 4.69) is 15.3 Å². The summed E-state index contributed by atoms with van der Waals surface area (Å²) in [6, 6.07) is 12.8. The van der Waals surface area contributed by atoms with Gasteiger partial charge >= 0.3 is 11.6 Å². The van der Waals surface area contributed by atoms with Crippen LogP contribution in [0.15, 0.2) is 48.8 Å². The van der Waals surface area contributed by atoms with E-state index in [0.717, 1.165) is 16.7 Å². The highest BCUT2D eigenvalue weighted by Gasteiger charge is 2.25. The van der Waals surface area contributed by atoms with Gasteiger partial charge in [-0.2, -0.15) is 4.98 Å². The van der Waals surface area contributed by atoms with Crippen LogP contribution in [-0.4, -0.2) is 14.9 Å². The first-order valence-corrected chi connectivity index (χ1v) is 8.54. The Hall–Kier alpha value is -3.19. The van der Waals surface area contributed by atoms with Crippen LogP contribution in [0.25, 0.3) is 0 Å². The fourth-order valence-electron chi connectivity index (χ4n) is 2.42. The average molecular weight is 385 g/mol. The second-order valence-corrected chi connectivity index (χ2v) is 6.39. The Morgan fingerprint density at radius 2 is 1.89 bits per heavy atom. The second kappa shape index (κ2) is 8.01. The molecule has 0 saturated carbocycles. The number of halogens is 1. The largest absolute Gasteiger partial charge is 0.434 e. The first-order chi connectivity index (χ1) is 12.9. The minimum Gasteiger partial charge on any atom is -0.434 e. The van der Waals surface area contributed by atoms with Crippen LogP contribution < -0.4 is 10.1 Å².